The highest BCUT2D eigenvalue weighted by Gasteiger charge is 2.66. The van der Waals surface area contributed by atoms with Crippen molar-refractivity contribution >= 4 is 5.78 Å². The van der Waals surface area contributed by atoms with E-state index in [1.54, 1.807) is 12.4 Å². The summed E-state index contributed by atoms with van der Waals surface area (Å²) in [5, 5.41) is 0. The monoisotopic (exact) mass is 251 g/mol. The molecule has 3 heteroatoms. The number of aromatic nitrogens is 1. The van der Waals surface area contributed by atoms with Gasteiger partial charge in [-0.3, -0.25) is 9.78 Å². The van der Waals surface area contributed by atoms with Crippen molar-refractivity contribution in [1.29, 1.82) is 0 Å². The van der Waals surface area contributed by atoms with Gasteiger partial charge in [-0.2, -0.15) is 0 Å². The van der Waals surface area contributed by atoms with Gasteiger partial charge in [0.15, 0.2) is 11.4 Å². The molecular formula is C16H13NO2. The molecule has 2 aromatic rings. The van der Waals surface area contributed by atoms with Crippen molar-refractivity contribution in [3.8, 4) is 0 Å². The average molecular weight is 251 g/mol. The van der Waals surface area contributed by atoms with Gasteiger partial charge in [0.1, 0.15) is 6.10 Å². The number of hydrogen-bond donors (Lipinski definition) is 0. The largest absolute Gasteiger partial charge is 0.352 e. The van der Waals surface area contributed by atoms with Gasteiger partial charge in [-0.05, 0) is 18.6 Å². The van der Waals surface area contributed by atoms with E-state index in [1.807, 2.05) is 31.2 Å². The molecule has 1 spiro atoms. The van der Waals surface area contributed by atoms with E-state index in [4.69, 9.17) is 4.74 Å². The lowest BCUT2D eigenvalue weighted by atomic mass is 9.96. The van der Waals surface area contributed by atoms with Crippen LogP contribution in [0.5, 0.6) is 0 Å². The molecule has 1 aromatic carbocycles. The van der Waals surface area contributed by atoms with Gasteiger partial charge in [0.25, 0.3) is 0 Å². The summed E-state index contributed by atoms with van der Waals surface area (Å²) in [4.78, 5) is 16.6. The number of ether oxygens (including phenoxy) is 1. The Morgan fingerprint density at radius 2 is 2.26 bits per heavy atom. The van der Waals surface area contributed by atoms with Crippen LogP contribution >= 0.6 is 0 Å². The number of pyridine rings is 1. The second-order valence-electron chi connectivity index (χ2n) is 5.34. The quantitative estimate of drug-likeness (QED) is 0.732. The maximum Gasteiger partial charge on any atom is 0.198 e. The number of carbonyl (C=O) groups is 1. The summed E-state index contributed by atoms with van der Waals surface area (Å²) < 4.78 is 5.80. The number of Topliss-reactive ketones (excluding diaryl/α,β-unsaturated/α-hetero) is 1. The first-order valence-corrected chi connectivity index (χ1v) is 6.43. The van der Waals surface area contributed by atoms with E-state index in [0.29, 0.717) is 6.42 Å². The zero-order valence-electron chi connectivity index (χ0n) is 10.6. The third-order valence-electron chi connectivity index (χ3n) is 4.02. The fraction of sp³-hybridized carbons (Fsp3) is 0.250. The highest BCUT2D eigenvalue weighted by Crippen LogP contribution is 2.56. The third kappa shape index (κ3) is 1.42. The maximum absolute atomic E-state index is 12.5. The Balaban J connectivity index is 1.72. The fourth-order valence-corrected chi connectivity index (χ4v) is 3.03. The van der Waals surface area contributed by atoms with Crippen molar-refractivity contribution in [1.82, 2.24) is 4.98 Å². The number of epoxide rings is 1. The molecule has 0 bridgehead atoms. The van der Waals surface area contributed by atoms with E-state index < -0.39 is 5.60 Å². The van der Waals surface area contributed by atoms with Crippen LogP contribution in [0.3, 0.4) is 0 Å². The van der Waals surface area contributed by atoms with E-state index in [2.05, 4.69) is 11.1 Å². The highest BCUT2D eigenvalue weighted by atomic mass is 16.6. The lowest BCUT2D eigenvalue weighted by Crippen LogP contribution is -2.20. The lowest BCUT2D eigenvalue weighted by molar-refractivity contribution is 0.0894. The van der Waals surface area contributed by atoms with Crippen molar-refractivity contribution < 1.29 is 9.53 Å². The van der Waals surface area contributed by atoms with Gasteiger partial charge in [0.2, 0.25) is 0 Å². The Kier molecular flexibility index (Phi) is 2.01. The Morgan fingerprint density at radius 1 is 1.37 bits per heavy atom. The maximum atomic E-state index is 12.5. The molecule has 0 radical (unpaired) electrons. The van der Waals surface area contributed by atoms with E-state index in [-0.39, 0.29) is 11.9 Å². The van der Waals surface area contributed by atoms with Crippen LogP contribution in [0, 0.1) is 6.92 Å². The molecule has 2 heterocycles. The van der Waals surface area contributed by atoms with Crippen LogP contribution in [0.1, 0.15) is 33.2 Å². The van der Waals surface area contributed by atoms with Crippen molar-refractivity contribution in [2.45, 2.75) is 25.0 Å². The average Bonchev–Trinajstić information content (AvgIpc) is 3.08. The Labute approximate surface area is 111 Å². The van der Waals surface area contributed by atoms with Crippen LogP contribution in [-0.2, 0) is 11.2 Å². The van der Waals surface area contributed by atoms with Gasteiger partial charge < -0.3 is 4.74 Å². The second kappa shape index (κ2) is 3.52. The van der Waals surface area contributed by atoms with Crippen molar-refractivity contribution in [2.24, 2.45) is 0 Å². The first-order valence-electron chi connectivity index (χ1n) is 6.43. The minimum absolute atomic E-state index is 0.122. The van der Waals surface area contributed by atoms with Gasteiger partial charge in [0, 0.05) is 29.9 Å². The molecule has 2 unspecified atom stereocenters. The summed E-state index contributed by atoms with van der Waals surface area (Å²) in [5.41, 5.74) is 3.44. The lowest BCUT2D eigenvalue weighted by Gasteiger charge is -2.00. The van der Waals surface area contributed by atoms with Gasteiger partial charge in [-0.25, -0.2) is 0 Å². The zero-order valence-corrected chi connectivity index (χ0v) is 10.6. The second-order valence-corrected chi connectivity index (χ2v) is 5.34. The molecule has 0 saturated carbocycles. The van der Waals surface area contributed by atoms with Gasteiger partial charge in [0.05, 0.1) is 0 Å². The Morgan fingerprint density at radius 3 is 3.05 bits per heavy atom. The predicted molar refractivity (Wildman–Crippen MR) is 70.0 cm³/mol. The van der Waals surface area contributed by atoms with Crippen LogP contribution in [0.25, 0.3) is 0 Å². The smallest absolute Gasteiger partial charge is 0.198 e. The molecule has 1 aliphatic heterocycles. The molecule has 0 N–H and O–H groups in total. The van der Waals surface area contributed by atoms with Crippen LogP contribution in [0.15, 0.2) is 42.7 Å². The molecule has 19 heavy (non-hydrogen) atoms. The normalized spacial score (nSPS) is 27.6. The molecule has 2 atom stereocenters. The summed E-state index contributed by atoms with van der Waals surface area (Å²) in [6, 6.07) is 9.83. The molecule has 1 aromatic heterocycles. The highest BCUT2D eigenvalue weighted by molar-refractivity contribution is 6.09. The van der Waals surface area contributed by atoms with Crippen LogP contribution in [0.4, 0.5) is 0 Å². The van der Waals surface area contributed by atoms with E-state index in [0.717, 1.165) is 16.7 Å². The minimum Gasteiger partial charge on any atom is -0.352 e. The van der Waals surface area contributed by atoms with E-state index in [1.165, 1.54) is 5.56 Å². The first-order chi connectivity index (χ1) is 9.21. The van der Waals surface area contributed by atoms with Crippen LogP contribution in [0.2, 0.25) is 0 Å². The number of fused-ring (bicyclic) bond motifs is 1. The summed E-state index contributed by atoms with van der Waals surface area (Å²) in [7, 11) is 0. The minimum atomic E-state index is -0.654. The van der Waals surface area contributed by atoms with Gasteiger partial charge >= 0.3 is 0 Å². The fourth-order valence-electron chi connectivity index (χ4n) is 3.03. The summed E-state index contributed by atoms with van der Waals surface area (Å²) in [5.74, 6) is 0.122. The number of benzene rings is 1. The zero-order chi connectivity index (χ0) is 13.0. The van der Waals surface area contributed by atoms with Gasteiger partial charge in [-0.1, -0.05) is 29.8 Å². The number of aryl methyl sites for hydroxylation is 1. The van der Waals surface area contributed by atoms with Crippen molar-refractivity contribution in [3.63, 3.8) is 0 Å². The molecule has 3 nitrogen and oxygen atoms in total. The molecule has 0 amide bonds. The number of ketones is 1. The molecule has 4 rings (SSSR count). The van der Waals surface area contributed by atoms with Crippen LogP contribution < -0.4 is 0 Å². The molecular weight excluding hydrogens is 238 g/mol. The standard InChI is InChI=1S/C16H13NO2/c1-10-4-5-13-12(7-10)8-16(14(13)18)15(19-16)11-3-2-6-17-9-11/h2-7,9,15H,8H2,1H3. The number of rotatable bonds is 1. The summed E-state index contributed by atoms with van der Waals surface area (Å²) >= 11 is 0. The van der Waals surface area contributed by atoms with Gasteiger partial charge in [-0.15, -0.1) is 0 Å². The Hall–Kier alpha value is -2.00. The molecule has 1 aliphatic carbocycles. The topological polar surface area (TPSA) is 42.5 Å². The number of nitrogens with zero attached hydrogens (tertiary/aromatic N) is 1. The van der Waals surface area contributed by atoms with E-state index in [9.17, 15) is 4.79 Å². The summed E-state index contributed by atoms with van der Waals surface area (Å²) in [6.07, 6.45) is 4.05. The van der Waals surface area contributed by atoms with Crippen molar-refractivity contribution in [3.05, 3.63) is 65.0 Å². The number of carbonyl (C=O) groups excluding carboxylic acids is 1. The molecule has 94 valence electrons. The SMILES string of the molecule is Cc1ccc2c(c1)CC1(OC1c1cccnc1)C2=O. The molecule has 1 saturated heterocycles. The van der Waals surface area contributed by atoms with Crippen LogP contribution in [-0.4, -0.2) is 16.4 Å². The van der Waals surface area contributed by atoms with Crippen molar-refractivity contribution in [2.75, 3.05) is 0 Å². The third-order valence-corrected chi connectivity index (χ3v) is 4.02. The van der Waals surface area contributed by atoms with E-state index >= 15 is 0 Å². The molecule has 2 aliphatic rings. The summed E-state index contributed by atoms with van der Waals surface area (Å²) in [6.45, 7) is 2.04. The number of hydrogen-bond acceptors (Lipinski definition) is 3. The predicted octanol–water partition coefficient (Wildman–Crippen LogP) is 2.64. The molecule has 1 fully saturated rings. The Bertz CT molecular complexity index is 680. The first kappa shape index (κ1) is 10.9.